The van der Waals surface area contributed by atoms with E-state index in [1.165, 1.54) is 16.7 Å². The van der Waals surface area contributed by atoms with E-state index in [-0.39, 0.29) is 12.8 Å². The Labute approximate surface area is 152 Å². The SMILES string of the molecule is COc1cc2c(cc1OC)-c1c(OC)c3c(c4c1C(C2)NCC4)OCO3. The molecule has 0 amide bonds. The Balaban J connectivity index is 1.86. The molecule has 1 N–H and O–H groups in total. The summed E-state index contributed by atoms with van der Waals surface area (Å²) in [5.74, 6) is 3.74. The van der Waals surface area contributed by atoms with Crippen molar-refractivity contribution in [1.29, 1.82) is 0 Å². The van der Waals surface area contributed by atoms with Gasteiger partial charge in [-0.25, -0.2) is 0 Å². The van der Waals surface area contributed by atoms with Crippen LogP contribution in [0, 0.1) is 0 Å². The molecule has 1 aliphatic carbocycles. The number of benzene rings is 2. The van der Waals surface area contributed by atoms with Crippen molar-refractivity contribution < 1.29 is 23.7 Å². The molecule has 0 spiro atoms. The van der Waals surface area contributed by atoms with Gasteiger partial charge in [0.2, 0.25) is 12.5 Å². The van der Waals surface area contributed by atoms with Crippen molar-refractivity contribution in [2.75, 3.05) is 34.7 Å². The molecule has 0 bridgehead atoms. The summed E-state index contributed by atoms with van der Waals surface area (Å²) in [6, 6.07) is 4.33. The Hall–Kier alpha value is -2.60. The fourth-order valence-corrected chi connectivity index (χ4v) is 4.47. The van der Waals surface area contributed by atoms with Gasteiger partial charge in [-0.2, -0.15) is 0 Å². The van der Waals surface area contributed by atoms with Crippen molar-refractivity contribution in [3.63, 3.8) is 0 Å². The number of hydrogen-bond donors (Lipinski definition) is 1. The normalized spacial score (nSPS) is 18.8. The van der Waals surface area contributed by atoms with E-state index in [1.807, 2.05) is 6.07 Å². The van der Waals surface area contributed by atoms with Gasteiger partial charge in [-0.15, -0.1) is 0 Å². The highest BCUT2D eigenvalue weighted by molar-refractivity contribution is 5.87. The van der Waals surface area contributed by atoms with E-state index in [0.29, 0.717) is 11.5 Å². The molecule has 3 aliphatic rings. The summed E-state index contributed by atoms with van der Waals surface area (Å²) in [4.78, 5) is 0. The van der Waals surface area contributed by atoms with Crippen molar-refractivity contribution in [3.05, 3.63) is 28.8 Å². The summed E-state index contributed by atoms with van der Waals surface area (Å²) in [7, 11) is 5.00. The van der Waals surface area contributed by atoms with E-state index in [9.17, 15) is 0 Å². The topological polar surface area (TPSA) is 58.2 Å². The quantitative estimate of drug-likeness (QED) is 0.914. The molecule has 2 aromatic carbocycles. The van der Waals surface area contributed by atoms with Gasteiger partial charge in [0, 0.05) is 17.2 Å². The van der Waals surface area contributed by atoms with Crippen LogP contribution in [0.25, 0.3) is 11.1 Å². The minimum absolute atomic E-state index is 0.225. The third kappa shape index (κ3) is 1.96. The molecule has 136 valence electrons. The molecule has 0 saturated carbocycles. The van der Waals surface area contributed by atoms with Crippen molar-refractivity contribution in [2.45, 2.75) is 18.9 Å². The van der Waals surface area contributed by atoms with Gasteiger partial charge in [0.05, 0.1) is 21.3 Å². The maximum absolute atomic E-state index is 5.81. The summed E-state index contributed by atoms with van der Waals surface area (Å²) in [6.45, 7) is 1.15. The van der Waals surface area contributed by atoms with Crippen molar-refractivity contribution in [3.8, 4) is 39.9 Å². The lowest BCUT2D eigenvalue weighted by atomic mass is 9.76. The molecule has 6 heteroatoms. The van der Waals surface area contributed by atoms with Crippen LogP contribution in [-0.2, 0) is 12.8 Å². The fraction of sp³-hybridized carbons (Fsp3) is 0.400. The zero-order valence-electron chi connectivity index (χ0n) is 15.1. The van der Waals surface area contributed by atoms with Gasteiger partial charge in [-0.05, 0) is 48.2 Å². The lowest BCUT2D eigenvalue weighted by Gasteiger charge is -2.36. The first kappa shape index (κ1) is 15.6. The second-order valence-electron chi connectivity index (χ2n) is 6.69. The third-order valence-electron chi connectivity index (χ3n) is 5.54. The lowest BCUT2D eigenvalue weighted by Crippen LogP contribution is -2.34. The van der Waals surface area contributed by atoms with Gasteiger partial charge in [0.15, 0.2) is 23.0 Å². The standard InChI is InChI=1S/C20H21NO5/c1-22-14-7-10-6-13-16-11(4-5-21-13)18-20(26-9-25-18)19(24-3)17(16)12(10)8-15(14)23-2/h7-8,13,21H,4-6,9H2,1-3H3. The highest BCUT2D eigenvalue weighted by Gasteiger charge is 2.39. The highest BCUT2D eigenvalue weighted by atomic mass is 16.7. The monoisotopic (exact) mass is 355 g/mol. The molecule has 1 atom stereocenters. The molecule has 0 saturated heterocycles. The van der Waals surface area contributed by atoms with E-state index in [1.54, 1.807) is 21.3 Å². The predicted molar refractivity (Wildman–Crippen MR) is 95.8 cm³/mol. The van der Waals surface area contributed by atoms with E-state index in [2.05, 4.69) is 11.4 Å². The molecule has 26 heavy (non-hydrogen) atoms. The average molecular weight is 355 g/mol. The molecule has 0 aromatic heterocycles. The van der Waals surface area contributed by atoms with Gasteiger partial charge in [-0.1, -0.05) is 0 Å². The van der Waals surface area contributed by atoms with Crippen LogP contribution < -0.4 is 29.0 Å². The summed E-state index contributed by atoms with van der Waals surface area (Å²) >= 11 is 0. The first-order valence-electron chi connectivity index (χ1n) is 8.77. The minimum atomic E-state index is 0.225. The molecule has 1 unspecified atom stereocenters. The van der Waals surface area contributed by atoms with Gasteiger partial charge in [0.25, 0.3) is 0 Å². The third-order valence-corrected chi connectivity index (χ3v) is 5.54. The Morgan fingerprint density at radius 2 is 1.77 bits per heavy atom. The van der Waals surface area contributed by atoms with Crippen molar-refractivity contribution in [2.24, 2.45) is 0 Å². The molecule has 0 fully saturated rings. The van der Waals surface area contributed by atoms with Gasteiger partial charge < -0.3 is 29.0 Å². The average Bonchev–Trinajstić information content (AvgIpc) is 3.17. The molecule has 2 aliphatic heterocycles. The van der Waals surface area contributed by atoms with Crippen LogP contribution in [0.4, 0.5) is 0 Å². The molecule has 2 aromatic rings. The minimum Gasteiger partial charge on any atom is -0.493 e. The lowest BCUT2D eigenvalue weighted by molar-refractivity contribution is 0.170. The van der Waals surface area contributed by atoms with Crippen LogP contribution in [0.5, 0.6) is 28.7 Å². The molecule has 5 rings (SSSR count). The Morgan fingerprint density at radius 3 is 2.54 bits per heavy atom. The summed E-state index contributed by atoms with van der Waals surface area (Å²) in [5, 5.41) is 3.64. The molecule has 2 heterocycles. The zero-order chi connectivity index (χ0) is 17.8. The molecular formula is C20H21NO5. The van der Waals surface area contributed by atoms with Gasteiger partial charge in [-0.3, -0.25) is 0 Å². The number of fused-ring (bicyclic) bond motifs is 4. The number of rotatable bonds is 3. The number of ether oxygens (including phenoxy) is 5. The summed E-state index contributed by atoms with van der Waals surface area (Å²) in [5.41, 5.74) is 5.88. The second-order valence-corrected chi connectivity index (χ2v) is 6.69. The second kappa shape index (κ2) is 5.71. The highest BCUT2D eigenvalue weighted by Crippen LogP contribution is 2.57. The smallest absolute Gasteiger partial charge is 0.231 e. The number of methoxy groups -OCH3 is 3. The Bertz CT molecular complexity index is 908. The molecule has 6 nitrogen and oxygen atoms in total. The first-order valence-corrected chi connectivity index (χ1v) is 8.77. The van der Waals surface area contributed by atoms with Crippen LogP contribution >= 0.6 is 0 Å². The largest absolute Gasteiger partial charge is 0.493 e. The van der Waals surface area contributed by atoms with Crippen LogP contribution in [-0.4, -0.2) is 34.7 Å². The van der Waals surface area contributed by atoms with Gasteiger partial charge >= 0.3 is 0 Å². The van der Waals surface area contributed by atoms with Crippen molar-refractivity contribution in [1.82, 2.24) is 5.32 Å². The maximum atomic E-state index is 5.81. The maximum Gasteiger partial charge on any atom is 0.231 e. The zero-order valence-corrected chi connectivity index (χ0v) is 15.1. The summed E-state index contributed by atoms with van der Waals surface area (Å²) in [6.07, 6.45) is 1.80. The fourth-order valence-electron chi connectivity index (χ4n) is 4.47. The van der Waals surface area contributed by atoms with Crippen LogP contribution in [0.2, 0.25) is 0 Å². The first-order chi connectivity index (χ1) is 12.8. The van der Waals surface area contributed by atoms with Crippen molar-refractivity contribution >= 4 is 0 Å². The van der Waals surface area contributed by atoms with E-state index in [4.69, 9.17) is 23.7 Å². The number of nitrogens with one attached hydrogen (secondary N) is 1. The Kier molecular flexibility index (Phi) is 3.43. The van der Waals surface area contributed by atoms with E-state index >= 15 is 0 Å². The van der Waals surface area contributed by atoms with Crippen LogP contribution in [0.15, 0.2) is 12.1 Å². The molecular weight excluding hydrogens is 334 g/mol. The molecule has 0 radical (unpaired) electrons. The van der Waals surface area contributed by atoms with Crippen LogP contribution in [0.3, 0.4) is 0 Å². The summed E-state index contributed by atoms with van der Waals surface area (Å²) < 4.78 is 28.4. The van der Waals surface area contributed by atoms with E-state index in [0.717, 1.165) is 47.8 Å². The Morgan fingerprint density at radius 1 is 1.00 bits per heavy atom. The van der Waals surface area contributed by atoms with Gasteiger partial charge in [0.1, 0.15) is 0 Å². The predicted octanol–water partition coefficient (Wildman–Crippen LogP) is 2.85. The number of hydrogen-bond acceptors (Lipinski definition) is 6. The van der Waals surface area contributed by atoms with E-state index < -0.39 is 0 Å². The van der Waals surface area contributed by atoms with Crippen LogP contribution in [0.1, 0.15) is 22.7 Å².